The molecule has 0 spiro atoms. The largest absolute Gasteiger partial charge is 0.468 e. The van der Waals surface area contributed by atoms with Crippen molar-refractivity contribution in [2.75, 3.05) is 13.1 Å². The van der Waals surface area contributed by atoms with E-state index in [1.165, 1.54) is 39.1 Å². The highest BCUT2D eigenvalue weighted by molar-refractivity contribution is 7.89. The number of benzene rings is 1. The molecule has 1 saturated heterocycles. The van der Waals surface area contributed by atoms with Crippen LogP contribution in [0.4, 0.5) is 0 Å². The highest BCUT2D eigenvalue weighted by atomic mass is 32.2. The van der Waals surface area contributed by atoms with E-state index in [-0.39, 0.29) is 22.9 Å². The number of hydrogen-bond donors (Lipinski definition) is 0. The summed E-state index contributed by atoms with van der Waals surface area (Å²) >= 11 is 0. The maximum absolute atomic E-state index is 13.4. The minimum absolute atomic E-state index is 0.0170. The van der Waals surface area contributed by atoms with Gasteiger partial charge in [-0.2, -0.15) is 8.61 Å². The van der Waals surface area contributed by atoms with Crippen molar-refractivity contribution in [3.05, 3.63) is 78.5 Å². The molecule has 2 aromatic heterocycles. The Bertz CT molecular complexity index is 1200. The summed E-state index contributed by atoms with van der Waals surface area (Å²) in [6.45, 7) is 1.12. The SMILES string of the molecule is O=S(=O)(c1ccc(S(=O)(=O)N(Cc2cccnc2)Cc2ccco2)cc1)N1CCCC1. The molecule has 0 saturated carbocycles. The van der Waals surface area contributed by atoms with Crippen LogP contribution >= 0.6 is 0 Å². The second-order valence-electron chi connectivity index (χ2n) is 7.30. The number of sulfonamides is 2. The van der Waals surface area contributed by atoms with E-state index in [1.54, 1.807) is 36.7 Å². The Labute approximate surface area is 182 Å². The van der Waals surface area contributed by atoms with E-state index in [4.69, 9.17) is 4.42 Å². The smallest absolute Gasteiger partial charge is 0.243 e. The number of hydrogen-bond acceptors (Lipinski definition) is 6. The van der Waals surface area contributed by atoms with Crippen molar-refractivity contribution in [2.45, 2.75) is 35.7 Å². The third-order valence-corrected chi connectivity index (χ3v) is 8.88. The number of furan rings is 1. The van der Waals surface area contributed by atoms with Crippen molar-refractivity contribution >= 4 is 20.0 Å². The van der Waals surface area contributed by atoms with Crippen molar-refractivity contribution in [2.24, 2.45) is 0 Å². The van der Waals surface area contributed by atoms with Gasteiger partial charge in [0.25, 0.3) is 0 Å². The third kappa shape index (κ3) is 4.72. The van der Waals surface area contributed by atoms with Crippen LogP contribution in [-0.2, 0) is 33.1 Å². The fraction of sp³-hybridized carbons (Fsp3) is 0.286. The number of nitrogens with zero attached hydrogens (tertiary/aromatic N) is 3. The molecule has 1 aromatic carbocycles. The summed E-state index contributed by atoms with van der Waals surface area (Å²) in [5.74, 6) is 0.501. The molecule has 3 aromatic rings. The molecule has 3 heterocycles. The van der Waals surface area contributed by atoms with Gasteiger partial charge in [-0.15, -0.1) is 0 Å². The molecule has 10 heteroatoms. The van der Waals surface area contributed by atoms with Crippen molar-refractivity contribution in [3.63, 3.8) is 0 Å². The quantitative estimate of drug-likeness (QED) is 0.511. The summed E-state index contributed by atoms with van der Waals surface area (Å²) in [7, 11) is -7.53. The van der Waals surface area contributed by atoms with Crippen LogP contribution in [0.5, 0.6) is 0 Å². The number of aromatic nitrogens is 1. The Morgan fingerprint density at radius 3 is 2.23 bits per heavy atom. The summed E-state index contributed by atoms with van der Waals surface area (Å²) in [6, 6.07) is 12.3. The second-order valence-corrected chi connectivity index (χ2v) is 11.2. The monoisotopic (exact) mass is 461 g/mol. The van der Waals surface area contributed by atoms with E-state index >= 15 is 0 Å². The number of pyridine rings is 1. The predicted octanol–water partition coefficient (Wildman–Crippen LogP) is 2.85. The van der Waals surface area contributed by atoms with Crippen LogP contribution in [-0.4, -0.2) is 43.5 Å². The van der Waals surface area contributed by atoms with Gasteiger partial charge < -0.3 is 4.42 Å². The van der Waals surface area contributed by atoms with Crippen molar-refractivity contribution in [3.8, 4) is 0 Å². The molecule has 1 aliphatic heterocycles. The van der Waals surface area contributed by atoms with Crippen molar-refractivity contribution in [1.82, 2.24) is 13.6 Å². The van der Waals surface area contributed by atoms with E-state index in [0.717, 1.165) is 18.4 Å². The van der Waals surface area contributed by atoms with Gasteiger partial charge in [0.1, 0.15) is 5.76 Å². The van der Waals surface area contributed by atoms with Crippen LogP contribution in [0.25, 0.3) is 0 Å². The van der Waals surface area contributed by atoms with Gasteiger partial charge in [-0.25, -0.2) is 16.8 Å². The minimum Gasteiger partial charge on any atom is -0.468 e. The first kappa shape index (κ1) is 21.7. The second kappa shape index (κ2) is 8.91. The van der Waals surface area contributed by atoms with Crippen LogP contribution in [0.3, 0.4) is 0 Å². The molecule has 0 atom stereocenters. The molecule has 1 fully saturated rings. The van der Waals surface area contributed by atoms with Crippen molar-refractivity contribution in [1.29, 1.82) is 0 Å². The molecule has 0 N–H and O–H groups in total. The van der Waals surface area contributed by atoms with Gasteiger partial charge in [-0.3, -0.25) is 4.98 Å². The topological polar surface area (TPSA) is 101 Å². The molecule has 31 heavy (non-hydrogen) atoms. The normalized spacial score (nSPS) is 15.5. The van der Waals surface area contributed by atoms with Crippen LogP contribution in [0.1, 0.15) is 24.2 Å². The molecule has 1 aliphatic rings. The Hall–Kier alpha value is -2.53. The molecule has 8 nitrogen and oxygen atoms in total. The van der Waals surface area contributed by atoms with Gasteiger partial charge >= 0.3 is 0 Å². The lowest BCUT2D eigenvalue weighted by atomic mass is 10.3. The maximum Gasteiger partial charge on any atom is 0.243 e. The van der Waals surface area contributed by atoms with Gasteiger partial charge in [0, 0.05) is 32.0 Å². The van der Waals surface area contributed by atoms with Crippen LogP contribution in [0, 0.1) is 0 Å². The zero-order valence-electron chi connectivity index (χ0n) is 16.8. The molecule has 0 bridgehead atoms. The van der Waals surface area contributed by atoms with E-state index in [0.29, 0.717) is 18.8 Å². The Morgan fingerprint density at radius 2 is 1.61 bits per heavy atom. The van der Waals surface area contributed by atoms with Crippen LogP contribution in [0.2, 0.25) is 0 Å². The minimum atomic E-state index is -3.92. The lowest BCUT2D eigenvalue weighted by Gasteiger charge is -2.22. The molecule has 0 amide bonds. The van der Waals surface area contributed by atoms with E-state index in [9.17, 15) is 16.8 Å². The standard InChI is InChI=1S/C21H23N3O5S2/c25-30(26,23-12-1-2-13-23)20-7-9-21(10-8-20)31(27,28)24(17-19-6-4-14-29-19)16-18-5-3-11-22-15-18/h3-11,14-15H,1-2,12-13,16-17H2. The van der Waals surface area contributed by atoms with Gasteiger partial charge in [0.05, 0.1) is 22.6 Å². The average Bonchev–Trinajstić information content (AvgIpc) is 3.49. The van der Waals surface area contributed by atoms with Gasteiger partial charge in [0.2, 0.25) is 20.0 Å². The molecule has 0 unspecified atom stereocenters. The van der Waals surface area contributed by atoms with E-state index in [2.05, 4.69) is 4.98 Å². The zero-order valence-corrected chi connectivity index (χ0v) is 18.4. The summed E-state index contributed by atoms with van der Waals surface area (Å²) in [6.07, 6.45) is 6.39. The molecule has 0 aliphatic carbocycles. The fourth-order valence-corrected chi connectivity index (χ4v) is 6.42. The summed E-state index contributed by atoms with van der Waals surface area (Å²) < 4.78 is 60.3. The fourth-order valence-electron chi connectivity index (χ4n) is 3.51. The zero-order chi connectivity index (χ0) is 21.9. The number of rotatable bonds is 8. The van der Waals surface area contributed by atoms with Crippen molar-refractivity contribution < 1.29 is 21.3 Å². The van der Waals surface area contributed by atoms with Crippen LogP contribution in [0.15, 0.2) is 81.4 Å². The van der Waals surface area contributed by atoms with E-state index < -0.39 is 20.0 Å². The lowest BCUT2D eigenvalue weighted by Crippen LogP contribution is -2.30. The highest BCUT2D eigenvalue weighted by Crippen LogP contribution is 2.25. The Kier molecular flexibility index (Phi) is 6.24. The molecule has 0 radical (unpaired) electrons. The molecular weight excluding hydrogens is 438 g/mol. The van der Waals surface area contributed by atoms with Gasteiger partial charge in [-0.1, -0.05) is 6.07 Å². The predicted molar refractivity (Wildman–Crippen MR) is 114 cm³/mol. The highest BCUT2D eigenvalue weighted by Gasteiger charge is 2.29. The Balaban J connectivity index is 1.63. The molecule has 4 rings (SSSR count). The summed E-state index contributed by atoms with van der Waals surface area (Å²) in [4.78, 5) is 4.16. The van der Waals surface area contributed by atoms with Gasteiger partial charge in [-0.05, 0) is 60.9 Å². The molecular formula is C21H23N3O5S2. The van der Waals surface area contributed by atoms with Gasteiger partial charge in [0.15, 0.2) is 0 Å². The first-order chi connectivity index (χ1) is 14.9. The van der Waals surface area contributed by atoms with Crippen LogP contribution < -0.4 is 0 Å². The summed E-state index contributed by atoms with van der Waals surface area (Å²) in [5, 5.41) is 0. The first-order valence-electron chi connectivity index (χ1n) is 9.89. The van der Waals surface area contributed by atoms with E-state index in [1.807, 2.05) is 0 Å². The first-order valence-corrected chi connectivity index (χ1v) is 12.8. The maximum atomic E-state index is 13.4. The molecule has 164 valence electrons. The third-order valence-electron chi connectivity index (χ3n) is 5.16. The average molecular weight is 462 g/mol. The lowest BCUT2D eigenvalue weighted by molar-refractivity contribution is 0.358. The summed E-state index contributed by atoms with van der Waals surface area (Å²) in [5.41, 5.74) is 0.728. The Morgan fingerprint density at radius 1 is 0.903 bits per heavy atom.